The molecule has 1 heterocycles. The molecule has 0 saturated carbocycles. The van der Waals surface area contributed by atoms with Gasteiger partial charge in [0.1, 0.15) is 6.04 Å². The van der Waals surface area contributed by atoms with Crippen molar-refractivity contribution in [2.24, 2.45) is 5.92 Å². The molecule has 1 fully saturated rings. The minimum absolute atomic E-state index is 0.0330. The molecule has 2 atom stereocenters. The number of esters is 1. The van der Waals surface area contributed by atoms with Crippen molar-refractivity contribution in [2.75, 3.05) is 26.3 Å². The Kier molecular flexibility index (Phi) is 8.47. The van der Waals surface area contributed by atoms with Crippen LogP contribution < -0.4 is 4.72 Å². The van der Waals surface area contributed by atoms with E-state index in [2.05, 4.69) is 4.72 Å². The van der Waals surface area contributed by atoms with Crippen molar-refractivity contribution in [2.45, 2.75) is 30.9 Å². The van der Waals surface area contributed by atoms with Gasteiger partial charge in [-0.1, -0.05) is 55.8 Å². The van der Waals surface area contributed by atoms with Crippen LogP contribution in [-0.2, 0) is 29.1 Å². The summed E-state index contributed by atoms with van der Waals surface area (Å²) < 4.78 is 39.1. The molecule has 0 bridgehead atoms. The van der Waals surface area contributed by atoms with Crippen LogP contribution in [-0.4, -0.2) is 57.5 Å². The van der Waals surface area contributed by atoms with E-state index in [0.29, 0.717) is 36.9 Å². The van der Waals surface area contributed by atoms with Gasteiger partial charge in [-0.25, -0.2) is 8.42 Å². The first kappa shape index (κ1) is 25.2. The van der Waals surface area contributed by atoms with Crippen LogP contribution in [0.15, 0.2) is 59.5 Å². The van der Waals surface area contributed by atoms with Crippen LogP contribution in [0.4, 0.5) is 0 Å². The lowest BCUT2D eigenvalue weighted by Gasteiger charge is -2.31. The molecule has 1 N–H and O–H groups in total. The Morgan fingerprint density at radius 2 is 1.64 bits per heavy atom. The summed E-state index contributed by atoms with van der Waals surface area (Å²) in [7, 11) is -4.03. The minimum atomic E-state index is -4.03. The number of morpholine rings is 1. The van der Waals surface area contributed by atoms with E-state index in [0.717, 1.165) is 0 Å². The Labute approximate surface area is 198 Å². The molecule has 0 radical (unpaired) electrons. The molecule has 33 heavy (non-hydrogen) atoms. The zero-order valence-corrected chi connectivity index (χ0v) is 20.0. The maximum atomic E-state index is 13.2. The highest BCUT2D eigenvalue weighted by Crippen LogP contribution is 2.23. The van der Waals surface area contributed by atoms with Crippen molar-refractivity contribution in [3.05, 3.63) is 65.2 Å². The van der Waals surface area contributed by atoms with Gasteiger partial charge in [-0.15, -0.1) is 0 Å². The molecule has 2 aromatic rings. The van der Waals surface area contributed by atoms with Crippen LogP contribution in [0.5, 0.6) is 0 Å². The first-order valence-electron chi connectivity index (χ1n) is 10.6. The van der Waals surface area contributed by atoms with Gasteiger partial charge in [-0.3, -0.25) is 9.59 Å². The average molecular weight is 495 g/mol. The fraction of sp³-hybridized carbons (Fsp3) is 0.391. The van der Waals surface area contributed by atoms with E-state index in [-0.39, 0.29) is 10.8 Å². The lowest BCUT2D eigenvalue weighted by molar-refractivity contribution is -0.164. The number of hydrogen-bond acceptors (Lipinski definition) is 6. The van der Waals surface area contributed by atoms with Crippen molar-refractivity contribution in [1.82, 2.24) is 9.62 Å². The molecule has 0 aliphatic carbocycles. The molecule has 10 heteroatoms. The van der Waals surface area contributed by atoms with Crippen LogP contribution in [0.25, 0.3) is 0 Å². The van der Waals surface area contributed by atoms with Gasteiger partial charge in [-0.05, 0) is 30.2 Å². The first-order valence-corrected chi connectivity index (χ1v) is 12.4. The molecule has 0 spiro atoms. The van der Waals surface area contributed by atoms with E-state index in [1.165, 1.54) is 24.3 Å². The predicted octanol–water partition coefficient (Wildman–Crippen LogP) is 2.79. The summed E-state index contributed by atoms with van der Waals surface area (Å²) in [5.41, 5.74) is 0.505. The molecule has 178 valence electrons. The Hall–Kier alpha value is -2.46. The maximum Gasteiger partial charge on any atom is 0.325 e. The Bertz CT molecular complexity index is 1050. The van der Waals surface area contributed by atoms with Gasteiger partial charge >= 0.3 is 5.97 Å². The number of rotatable bonds is 8. The van der Waals surface area contributed by atoms with E-state index in [4.69, 9.17) is 21.1 Å². The molecule has 0 unspecified atom stereocenters. The standard InChI is InChI=1S/C23H27ClN2O6S/c1-16(2)20(25-33(29,30)19-10-8-18(24)9-11-19)23(28)32-21(17-6-4-3-5-7-17)22(27)26-12-14-31-15-13-26/h3-11,16,20-21,25H,12-15H2,1-2H3/t20-,21+/m1/s1. The van der Waals surface area contributed by atoms with Crippen molar-refractivity contribution in [1.29, 1.82) is 0 Å². The Balaban J connectivity index is 1.83. The average Bonchev–Trinajstić information content (AvgIpc) is 2.81. The van der Waals surface area contributed by atoms with Crippen LogP contribution in [0.1, 0.15) is 25.5 Å². The van der Waals surface area contributed by atoms with Gasteiger partial charge in [0.2, 0.25) is 16.1 Å². The van der Waals surface area contributed by atoms with Gasteiger partial charge in [0.15, 0.2) is 0 Å². The number of nitrogens with one attached hydrogen (secondary N) is 1. The summed E-state index contributed by atoms with van der Waals surface area (Å²) in [4.78, 5) is 27.9. The number of halogens is 1. The summed E-state index contributed by atoms with van der Waals surface area (Å²) in [6.45, 7) is 4.95. The molecular formula is C23H27ClN2O6S. The number of nitrogens with zero attached hydrogens (tertiary/aromatic N) is 1. The maximum absolute atomic E-state index is 13.2. The van der Waals surface area contributed by atoms with Gasteiger partial charge in [0.25, 0.3) is 5.91 Å². The topological polar surface area (TPSA) is 102 Å². The highest BCUT2D eigenvalue weighted by Gasteiger charge is 2.35. The second kappa shape index (κ2) is 11.1. The monoisotopic (exact) mass is 494 g/mol. The zero-order chi connectivity index (χ0) is 24.0. The van der Waals surface area contributed by atoms with E-state index < -0.39 is 34.1 Å². The third-order valence-corrected chi connectivity index (χ3v) is 6.92. The molecule has 1 saturated heterocycles. The lowest BCUT2D eigenvalue weighted by Crippen LogP contribution is -2.48. The molecule has 3 rings (SSSR count). The second-order valence-electron chi connectivity index (χ2n) is 7.96. The number of carbonyl (C=O) groups is 2. The van der Waals surface area contributed by atoms with Crippen molar-refractivity contribution >= 4 is 33.5 Å². The zero-order valence-electron chi connectivity index (χ0n) is 18.4. The Morgan fingerprint density at radius 3 is 2.21 bits per heavy atom. The molecule has 1 amide bonds. The molecule has 1 aliphatic rings. The summed E-state index contributed by atoms with van der Waals surface area (Å²) in [6.07, 6.45) is -1.20. The molecule has 8 nitrogen and oxygen atoms in total. The summed E-state index contributed by atoms with van der Waals surface area (Å²) in [5, 5.41) is 0.390. The van der Waals surface area contributed by atoms with Crippen LogP contribution in [0, 0.1) is 5.92 Å². The normalized spacial score (nSPS) is 16.3. The van der Waals surface area contributed by atoms with Crippen molar-refractivity contribution in [3.63, 3.8) is 0 Å². The second-order valence-corrected chi connectivity index (χ2v) is 10.1. The Morgan fingerprint density at radius 1 is 1.03 bits per heavy atom. The lowest BCUT2D eigenvalue weighted by atomic mass is 10.0. The van der Waals surface area contributed by atoms with Crippen molar-refractivity contribution < 1.29 is 27.5 Å². The van der Waals surface area contributed by atoms with E-state index in [1.54, 1.807) is 49.1 Å². The fourth-order valence-corrected chi connectivity index (χ4v) is 4.79. The fourth-order valence-electron chi connectivity index (χ4n) is 3.33. The van der Waals surface area contributed by atoms with Crippen LogP contribution in [0.2, 0.25) is 5.02 Å². The van der Waals surface area contributed by atoms with Gasteiger partial charge in [0, 0.05) is 23.7 Å². The quantitative estimate of drug-likeness (QED) is 0.566. The van der Waals surface area contributed by atoms with Crippen LogP contribution >= 0.6 is 11.6 Å². The van der Waals surface area contributed by atoms with Gasteiger partial charge in [-0.2, -0.15) is 4.72 Å². The first-order chi connectivity index (χ1) is 15.7. The van der Waals surface area contributed by atoms with Gasteiger partial charge in [0.05, 0.1) is 18.1 Å². The van der Waals surface area contributed by atoms with E-state index >= 15 is 0 Å². The molecule has 1 aliphatic heterocycles. The summed E-state index contributed by atoms with van der Waals surface area (Å²) in [6, 6.07) is 13.1. The number of carbonyl (C=O) groups excluding carboxylic acids is 2. The molecular weight excluding hydrogens is 468 g/mol. The highest BCUT2D eigenvalue weighted by molar-refractivity contribution is 7.89. The number of amides is 1. The minimum Gasteiger partial charge on any atom is -0.446 e. The molecule has 0 aromatic heterocycles. The summed E-state index contributed by atoms with van der Waals surface area (Å²) >= 11 is 5.84. The third-order valence-electron chi connectivity index (χ3n) is 5.21. The van der Waals surface area contributed by atoms with Gasteiger partial charge < -0.3 is 14.4 Å². The predicted molar refractivity (Wildman–Crippen MR) is 123 cm³/mol. The van der Waals surface area contributed by atoms with Crippen molar-refractivity contribution in [3.8, 4) is 0 Å². The third kappa shape index (κ3) is 6.54. The SMILES string of the molecule is CC(C)[C@@H](NS(=O)(=O)c1ccc(Cl)cc1)C(=O)O[C@H](C(=O)N1CCOCC1)c1ccccc1. The van der Waals surface area contributed by atoms with E-state index in [9.17, 15) is 18.0 Å². The molecule has 2 aromatic carbocycles. The smallest absolute Gasteiger partial charge is 0.325 e. The number of benzene rings is 2. The number of ether oxygens (including phenoxy) is 2. The highest BCUT2D eigenvalue weighted by atomic mass is 35.5. The number of sulfonamides is 1. The van der Waals surface area contributed by atoms with E-state index in [1.807, 2.05) is 0 Å². The number of hydrogen-bond donors (Lipinski definition) is 1. The van der Waals surface area contributed by atoms with Crippen LogP contribution in [0.3, 0.4) is 0 Å². The summed E-state index contributed by atoms with van der Waals surface area (Å²) in [5.74, 6) is -1.64. The largest absolute Gasteiger partial charge is 0.446 e.